The van der Waals surface area contributed by atoms with E-state index in [-0.39, 0.29) is 5.82 Å². The van der Waals surface area contributed by atoms with Crippen molar-refractivity contribution in [3.8, 4) is 17.0 Å². The van der Waals surface area contributed by atoms with E-state index in [1.807, 2.05) is 45.0 Å². The van der Waals surface area contributed by atoms with Gasteiger partial charge in [0.2, 0.25) is 5.82 Å². The zero-order valence-corrected chi connectivity index (χ0v) is 16.4. The highest BCUT2D eigenvalue weighted by atomic mass is 32.1. The van der Waals surface area contributed by atoms with Crippen LogP contribution < -0.4 is 10.1 Å². The first-order chi connectivity index (χ1) is 13.5. The molecule has 0 saturated heterocycles. The lowest BCUT2D eigenvalue weighted by atomic mass is 10.1. The molecule has 8 nitrogen and oxygen atoms in total. The van der Waals surface area contributed by atoms with Crippen LogP contribution in [0.3, 0.4) is 0 Å². The Morgan fingerprint density at radius 1 is 1.18 bits per heavy atom. The second-order valence-corrected chi connectivity index (χ2v) is 7.27. The number of ether oxygens (including phenoxy) is 1. The molecule has 3 heterocycles. The van der Waals surface area contributed by atoms with Crippen LogP contribution in [0, 0.1) is 13.8 Å². The standard InChI is InChI=1S/C19H18N6O2S/c1-4-27-14-7-5-13(6-8-14)15-12(3)28-19(21-15)23-17(26)16-22-18-20-10-9-11(2)25(18)24-16/h5-10H,4H2,1-3H3,(H,21,23,26). The Hall–Kier alpha value is -3.33. The first-order valence-corrected chi connectivity index (χ1v) is 9.57. The van der Waals surface area contributed by atoms with Crippen molar-refractivity contribution in [2.45, 2.75) is 20.8 Å². The van der Waals surface area contributed by atoms with Crippen LogP contribution in [0.1, 0.15) is 28.1 Å². The van der Waals surface area contributed by atoms with Crippen molar-refractivity contribution in [2.24, 2.45) is 0 Å². The summed E-state index contributed by atoms with van der Waals surface area (Å²) in [4.78, 5) is 26.4. The van der Waals surface area contributed by atoms with E-state index >= 15 is 0 Å². The van der Waals surface area contributed by atoms with E-state index in [9.17, 15) is 4.79 Å². The number of fused-ring (bicyclic) bond motifs is 1. The van der Waals surface area contributed by atoms with E-state index in [4.69, 9.17) is 4.74 Å². The van der Waals surface area contributed by atoms with E-state index in [1.54, 1.807) is 12.3 Å². The molecule has 4 rings (SSSR count). The second kappa shape index (κ2) is 7.35. The molecule has 0 atom stereocenters. The van der Waals surface area contributed by atoms with Crippen molar-refractivity contribution in [1.82, 2.24) is 24.6 Å². The van der Waals surface area contributed by atoms with Crippen LogP contribution in [0.5, 0.6) is 5.75 Å². The highest BCUT2D eigenvalue weighted by Crippen LogP contribution is 2.31. The van der Waals surface area contributed by atoms with Crippen LogP contribution in [0.2, 0.25) is 0 Å². The smallest absolute Gasteiger partial charge is 0.297 e. The number of aromatic nitrogens is 5. The summed E-state index contributed by atoms with van der Waals surface area (Å²) in [6.45, 7) is 6.41. The number of thiazole rings is 1. The Morgan fingerprint density at radius 3 is 2.68 bits per heavy atom. The van der Waals surface area contributed by atoms with E-state index in [0.29, 0.717) is 17.5 Å². The van der Waals surface area contributed by atoms with Gasteiger partial charge in [-0.15, -0.1) is 16.4 Å². The molecule has 28 heavy (non-hydrogen) atoms. The summed E-state index contributed by atoms with van der Waals surface area (Å²) in [5, 5.41) is 7.49. The third kappa shape index (κ3) is 3.44. The quantitative estimate of drug-likeness (QED) is 0.557. The number of carbonyl (C=O) groups excluding carboxylic acids is 1. The minimum atomic E-state index is -0.420. The zero-order chi connectivity index (χ0) is 19.7. The summed E-state index contributed by atoms with van der Waals surface area (Å²) in [7, 11) is 0. The molecule has 1 N–H and O–H groups in total. The average Bonchev–Trinajstić information content (AvgIpc) is 3.27. The Labute approximate surface area is 165 Å². The van der Waals surface area contributed by atoms with Crippen molar-refractivity contribution in [1.29, 1.82) is 0 Å². The molecule has 4 aromatic rings. The maximum Gasteiger partial charge on any atom is 0.297 e. The molecule has 0 spiro atoms. The van der Waals surface area contributed by atoms with Gasteiger partial charge in [0.1, 0.15) is 5.75 Å². The van der Waals surface area contributed by atoms with Crippen molar-refractivity contribution in [2.75, 3.05) is 11.9 Å². The first kappa shape index (κ1) is 18.1. The first-order valence-electron chi connectivity index (χ1n) is 8.75. The summed E-state index contributed by atoms with van der Waals surface area (Å²) in [5.41, 5.74) is 2.63. The van der Waals surface area contributed by atoms with Crippen molar-refractivity contribution >= 4 is 28.2 Å². The molecule has 1 amide bonds. The Balaban J connectivity index is 1.56. The fourth-order valence-electron chi connectivity index (χ4n) is 2.75. The molecule has 0 bridgehead atoms. The van der Waals surface area contributed by atoms with Crippen molar-refractivity contribution in [3.63, 3.8) is 0 Å². The third-order valence-corrected chi connectivity index (χ3v) is 4.98. The molecule has 9 heteroatoms. The number of aryl methyl sites for hydroxylation is 2. The van der Waals surface area contributed by atoms with E-state index in [1.165, 1.54) is 15.9 Å². The van der Waals surface area contributed by atoms with Gasteiger partial charge in [0.25, 0.3) is 11.7 Å². The van der Waals surface area contributed by atoms with Gasteiger partial charge in [-0.25, -0.2) is 14.5 Å². The third-order valence-electron chi connectivity index (χ3n) is 4.09. The summed E-state index contributed by atoms with van der Waals surface area (Å²) in [6, 6.07) is 9.53. The van der Waals surface area contributed by atoms with Gasteiger partial charge in [-0.3, -0.25) is 10.1 Å². The van der Waals surface area contributed by atoms with Crippen molar-refractivity contribution in [3.05, 3.63) is 52.9 Å². The summed E-state index contributed by atoms with van der Waals surface area (Å²) >= 11 is 1.40. The monoisotopic (exact) mass is 394 g/mol. The Kier molecular flexibility index (Phi) is 4.74. The minimum absolute atomic E-state index is 0.0530. The van der Waals surface area contributed by atoms with Gasteiger partial charge in [0, 0.05) is 22.3 Å². The number of amides is 1. The highest BCUT2D eigenvalue weighted by molar-refractivity contribution is 7.16. The summed E-state index contributed by atoms with van der Waals surface area (Å²) < 4.78 is 7.01. The lowest BCUT2D eigenvalue weighted by Crippen LogP contribution is -2.13. The fraction of sp³-hybridized carbons (Fsp3) is 0.211. The Morgan fingerprint density at radius 2 is 1.96 bits per heavy atom. The van der Waals surface area contributed by atoms with Gasteiger partial charge in [0.05, 0.1) is 12.3 Å². The topological polar surface area (TPSA) is 94.3 Å². The Bertz CT molecular complexity index is 1150. The number of hydrogen-bond acceptors (Lipinski definition) is 7. The second-order valence-electron chi connectivity index (χ2n) is 6.07. The molecule has 1 aromatic carbocycles. The average molecular weight is 394 g/mol. The molecule has 3 aromatic heterocycles. The molecule has 0 aliphatic carbocycles. The van der Waals surface area contributed by atoms with E-state index in [2.05, 4.69) is 25.4 Å². The molecule has 0 unspecified atom stereocenters. The normalized spacial score (nSPS) is 11.0. The maximum absolute atomic E-state index is 12.5. The molecule has 0 saturated carbocycles. The number of hydrogen-bond donors (Lipinski definition) is 1. The molecule has 0 fully saturated rings. The van der Waals surface area contributed by atoms with Crippen LogP contribution in [-0.2, 0) is 0 Å². The largest absolute Gasteiger partial charge is 0.494 e. The molecule has 0 radical (unpaired) electrons. The van der Waals surface area contributed by atoms with Gasteiger partial charge in [-0.2, -0.15) is 4.98 Å². The number of nitrogens with one attached hydrogen (secondary N) is 1. The minimum Gasteiger partial charge on any atom is -0.494 e. The molecule has 0 aliphatic heterocycles. The lowest BCUT2D eigenvalue weighted by Gasteiger charge is -2.04. The number of benzene rings is 1. The number of anilines is 1. The fourth-order valence-corrected chi connectivity index (χ4v) is 3.58. The highest BCUT2D eigenvalue weighted by Gasteiger charge is 2.17. The lowest BCUT2D eigenvalue weighted by molar-refractivity contribution is 0.101. The number of nitrogens with zero attached hydrogens (tertiary/aromatic N) is 5. The summed E-state index contributed by atoms with van der Waals surface area (Å²) in [5.74, 6) is 0.833. The van der Waals surface area contributed by atoms with E-state index < -0.39 is 5.91 Å². The van der Waals surface area contributed by atoms with Crippen LogP contribution in [0.25, 0.3) is 17.0 Å². The predicted octanol–water partition coefficient (Wildman–Crippen LogP) is 3.52. The van der Waals surface area contributed by atoms with Gasteiger partial charge in [0.15, 0.2) is 5.13 Å². The summed E-state index contributed by atoms with van der Waals surface area (Å²) in [6.07, 6.45) is 1.63. The van der Waals surface area contributed by atoms with Crippen LogP contribution in [0.15, 0.2) is 36.5 Å². The molecule has 142 valence electrons. The van der Waals surface area contributed by atoms with Crippen LogP contribution >= 0.6 is 11.3 Å². The molecule has 0 aliphatic rings. The van der Waals surface area contributed by atoms with E-state index in [0.717, 1.165) is 27.6 Å². The van der Waals surface area contributed by atoms with Crippen LogP contribution in [-0.4, -0.2) is 37.1 Å². The molecular weight excluding hydrogens is 376 g/mol. The zero-order valence-electron chi connectivity index (χ0n) is 15.6. The maximum atomic E-state index is 12.5. The molecular formula is C19H18N6O2S. The van der Waals surface area contributed by atoms with Crippen molar-refractivity contribution < 1.29 is 9.53 Å². The van der Waals surface area contributed by atoms with Gasteiger partial charge >= 0.3 is 0 Å². The van der Waals surface area contributed by atoms with Crippen LogP contribution in [0.4, 0.5) is 5.13 Å². The van der Waals surface area contributed by atoms with Gasteiger partial charge in [-0.1, -0.05) is 0 Å². The number of rotatable bonds is 5. The predicted molar refractivity (Wildman–Crippen MR) is 107 cm³/mol. The van der Waals surface area contributed by atoms with Gasteiger partial charge in [-0.05, 0) is 51.1 Å². The SMILES string of the molecule is CCOc1ccc(-c2nc(NC(=O)c3nc4nccc(C)n4n3)sc2C)cc1. The van der Waals surface area contributed by atoms with Gasteiger partial charge < -0.3 is 4.74 Å². The number of carbonyl (C=O) groups is 1.